The molecule has 0 saturated heterocycles. The molecule has 0 spiro atoms. The van der Waals surface area contributed by atoms with Gasteiger partial charge in [0.2, 0.25) is 0 Å². The number of methoxy groups -OCH3 is 1. The number of aliphatic hydroxyl groups excluding tert-OH is 1. The van der Waals surface area contributed by atoms with Gasteiger partial charge in [0.25, 0.3) is 0 Å². The number of aliphatic hydroxyl groups is 1. The predicted octanol–water partition coefficient (Wildman–Crippen LogP) is 2.29. The molecule has 1 aromatic carbocycles. The number of aryl methyl sites for hydroxylation is 1. The molecule has 1 N–H and O–H groups in total. The third-order valence-corrected chi connectivity index (χ3v) is 3.91. The summed E-state index contributed by atoms with van der Waals surface area (Å²) in [5.41, 5.74) is 2.87. The van der Waals surface area contributed by atoms with Crippen LogP contribution in [0.25, 0.3) is 0 Å². The van der Waals surface area contributed by atoms with E-state index in [9.17, 15) is 5.11 Å². The Balaban J connectivity index is 1.97. The van der Waals surface area contributed by atoms with Crippen LogP contribution in [-0.2, 0) is 7.05 Å². The fourth-order valence-electron chi connectivity index (χ4n) is 2.57. The van der Waals surface area contributed by atoms with Gasteiger partial charge in [0.05, 0.1) is 19.4 Å². The monoisotopic (exact) mass is 274 g/mol. The van der Waals surface area contributed by atoms with Crippen LogP contribution in [0.3, 0.4) is 0 Å². The number of benzene rings is 1. The van der Waals surface area contributed by atoms with E-state index in [1.165, 1.54) is 0 Å². The van der Waals surface area contributed by atoms with Crippen LogP contribution in [0.2, 0.25) is 0 Å². The molecule has 2 aromatic rings. The Labute approximate surface area is 117 Å². The van der Waals surface area contributed by atoms with Crippen molar-refractivity contribution in [2.24, 2.45) is 7.05 Å². The zero-order valence-corrected chi connectivity index (χ0v) is 11.8. The minimum atomic E-state index is -0.533. The van der Waals surface area contributed by atoms with Crippen molar-refractivity contribution >= 4 is 0 Å². The Morgan fingerprint density at radius 3 is 2.85 bits per heavy atom. The molecule has 1 aliphatic rings. The van der Waals surface area contributed by atoms with Crippen LogP contribution in [0.4, 0.5) is 0 Å². The van der Waals surface area contributed by atoms with Gasteiger partial charge in [-0.2, -0.15) is 5.10 Å². The number of rotatable bonds is 2. The van der Waals surface area contributed by atoms with Crippen molar-refractivity contribution in [3.05, 3.63) is 41.2 Å². The molecule has 2 heterocycles. The Kier molecular flexibility index (Phi) is 3.14. The summed E-state index contributed by atoms with van der Waals surface area (Å²) in [6.07, 6.45) is 1.62. The Bertz CT molecular complexity index is 636. The maximum absolute atomic E-state index is 10.3. The minimum Gasteiger partial charge on any atom is -0.497 e. The summed E-state index contributed by atoms with van der Waals surface area (Å²) in [7, 11) is 3.51. The summed E-state index contributed by atoms with van der Waals surface area (Å²) in [4.78, 5) is 0. The van der Waals surface area contributed by atoms with Gasteiger partial charge in [0, 0.05) is 36.4 Å². The molecule has 0 saturated carbocycles. The second-order valence-electron chi connectivity index (χ2n) is 5.07. The first kappa shape index (κ1) is 13.0. The lowest BCUT2D eigenvalue weighted by molar-refractivity contribution is 0.0651. The molecule has 2 atom stereocenters. The summed E-state index contributed by atoms with van der Waals surface area (Å²) >= 11 is 0. The minimum absolute atomic E-state index is 0.182. The lowest BCUT2D eigenvalue weighted by Gasteiger charge is -2.29. The third-order valence-electron chi connectivity index (χ3n) is 3.91. The van der Waals surface area contributed by atoms with E-state index in [4.69, 9.17) is 9.47 Å². The quantitative estimate of drug-likeness (QED) is 0.913. The number of nitrogens with zero attached hydrogens (tertiary/aromatic N) is 2. The van der Waals surface area contributed by atoms with Gasteiger partial charge in [-0.05, 0) is 19.1 Å². The number of hydrogen-bond acceptors (Lipinski definition) is 4. The highest BCUT2D eigenvalue weighted by Crippen LogP contribution is 2.42. The van der Waals surface area contributed by atoms with E-state index in [1.54, 1.807) is 13.3 Å². The molecule has 0 fully saturated rings. The summed E-state index contributed by atoms with van der Waals surface area (Å²) < 4.78 is 13.0. The van der Waals surface area contributed by atoms with Gasteiger partial charge in [-0.1, -0.05) is 0 Å². The zero-order chi connectivity index (χ0) is 14.3. The Morgan fingerprint density at radius 2 is 2.20 bits per heavy atom. The molecule has 5 nitrogen and oxygen atoms in total. The van der Waals surface area contributed by atoms with Crippen LogP contribution >= 0.6 is 0 Å². The topological polar surface area (TPSA) is 56.5 Å². The molecule has 0 bridgehead atoms. The van der Waals surface area contributed by atoms with Crippen LogP contribution < -0.4 is 9.47 Å². The van der Waals surface area contributed by atoms with E-state index in [1.807, 2.05) is 36.9 Å². The fraction of sp³-hybridized carbons (Fsp3) is 0.400. The van der Waals surface area contributed by atoms with Crippen molar-refractivity contribution in [1.29, 1.82) is 0 Å². The summed E-state index contributed by atoms with van der Waals surface area (Å²) in [6, 6.07) is 5.50. The average Bonchev–Trinajstić information content (AvgIpc) is 2.78. The van der Waals surface area contributed by atoms with Crippen LogP contribution in [0.5, 0.6) is 11.5 Å². The fourth-order valence-corrected chi connectivity index (χ4v) is 2.57. The van der Waals surface area contributed by atoms with Crippen molar-refractivity contribution < 1.29 is 14.6 Å². The average molecular weight is 274 g/mol. The largest absolute Gasteiger partial charge is 0.497 e. The first-order chi connectivity index (χ1) is 9.60. The van der Waals surface area contributed by atoms with Gasteiger partial charge >= 0.3 is 0 Å². The molecule has 0 aliphatic carbocycles. The van der Waals surface area contributed by atoms with E-state index < -0.39 is 6.10 Å². The SMILES string of the molecule is COc1ccc2c(c1)OC(c1cnn(C)c1C)C[C@@H]2O. The standard InChI is InChI=1S/C15H18N2O3/c1-9-12(8-16-17(9)2)15-7-13(18)11-5-4-10(19-3)6-14(11)20-15/h4-6,8,13,15,18H,7H2,1-3H3/t13-,15?/m0/s1. The number of ether oxygens (including phenoxy) is 2. The van der Waals surface area contributed by atoms with Crippen molar-refractivity contribution in [3.63, 3.8) is 0 Å². The highest BCUT2D eigenvalue weighted by Gasteiger charge is 2.30. The van der Waals surface area contributed by atoms with Crippen LogP contribution in [0.1, 0.15) is 35.4 Å². The van der Waals surface area contributed by atoms with E-state index in [0.29, 0.717) is 12.2 Å². The summed E-state index contributed by atoms with van der Waals surface area (Å²) in [6.45, 7) is 2.00. The molecule has 20 heavy (non-hydrogen) atoms. The van der Waals surface area contributed by atoms with Crippen LogP contribution in [0.15, 0.2) is 24.4 Å². The Hall–Kier alpha value is -2.01. The maximum atomic E-state index is 10.3. The second-order valence-corrected chi connectivity index (χ2v) is 5.07. The van der Waals surface area contributed by atoms with E-state index in [2.05, 4.69) is 5.10 Å². The molecule has 0 amide bonds. The molecule has 106 valence electrons. The van der Waals surface area contributed by atoms with Gasteiger partial charge in [0.1, 0.15) is 17.6 Å². The first-order valence-corrected chi connectivity index (χ1v) is 6.61. The van der Waals surface area contributed by atoms with Crippen molar-refractivity contribution in [3.8, 4) is 11.5 Å². The number of aromatic nitrogens is 2. The lowest BCUT2D eigenvalue weighted by Crippen LogP contribution is -2.19. The van der Waals surface area contributed by atoms with Crippen LogP contribution in [-0.4, -0.2) is 22.0 Å². The molecule has 5 heteroatoms. The Morgan fingerprint density at radius 1 is 1.40 bits per heavy atom. The molecule has 3 rings (SSSR count). The van der Waals surface area contributed by atoms with Gasteiger partial charge in [-0.15, -0.1) is 0 Å². The molecule has 0 radical (unpaired) electrons. The van der Waals surface area contributed by atoms with Gasteiger partial charge in [-0.25, -0.2) is 0 Å². The van der Waals surface area contributed by atoms with E-state index >= 15 is 0 Å². The third kappa shape index (κ3) is 2.04. The van der Waals surface area contributed by atoms with Gasteiger partial charge in [0.15, 0.2) is 0 Å². The summed E-state index contributed by atoms with van der Waals surface area (Å²) in [5, 5.41) is 14.5. The molecular formula is C15H18N2O3. The first-order valence-electron chi connectivity index (χ1n) is 6.61. The van der Waals surface area contributed by atoms with Gasteiger partial charge in [-0.3, -0.25) is 4.68 Å². The molecule has 1 unspecified atom stereocenters. The van der Waals surface area contributed by atoms with E-state index in [0.717, 1.165) is 22.6 Å². The highest BCUT2D eigenvalue weighted by molar-refractivity contribution is 5.44. The molecule has 1 aromatic heterocycles. The smallest absolute Gasteiger partial charge is 0.130 e. The summed E-state index contributed by atoms with van der Waals surface area (Å²) in [5.74, 6) is 1.40. The molecule has 1 aliphatic heterocycles. The van der Waals surface area contributed by atoms with Crippen LogP contribution in [0, 0.1) is 6.92 Å². The maximum Gasteiger partial charge on any atom is 0.130 e. The van der Waals surface area contributed by atoms with Crippen molar-refractivity contribution in [2.45, 2.75) is 25.6 Å². The number of fused-ring (bicyclic) bond motifs is 1. The zero-order valence-electron chi connectivity index (χ0n) is 11.8. The van der Waals surface area contributed by atoms with Crippen molar-refractivity contribution in [1.82, 2.24) is 9.78 Å². The highest BCUT2D eigenvalue weighted by atomic mass is 16.5. The van der Waals surface area contributed by atoms with E-state index in [-0.39, 0.29) is 6.10 Å². The lowest BCUT2D eigenvalue weighted by atomic mass is 9.95. The van der Waals surface area contributed by atoms with Crippen molar-refractivity contribution in [2.75, 3.05) is 7.11 Å². The van der Waals surface area contributed by atoms with Gasteiger partial charge < -0.3 is 14.6 Å². The number of hydrogen-bond donors (Lipinski definition) is 1. The molecular weight excluding hydrogens is 256 g/mol. The second kappa shape index (κ2) is 4.83. The predicted molar refractivity (Wildman–Crippen MR) is 73.9 cm³/mol. The normalized spacial score (nSPS) is 21.2.